The van der Waals surface area contributed by atoms with Gasteiger partial charge in [0.25, 0.3) is 0 Å². The zero-order valence-electron chi connectivity index (χ0n) is 11.6. The highest BCUT2D eigenvalue weighted by Crippen LogP contribution is 2.28. The van der Waals surface area contributed by atoms with Gasteiger partial charge in [-0.3, -0.25) is 0 Å². The van der Waals surface area contributed by atoms with Crippen LogP contribution in [0.2, 0.25) is 5.02 Å². The van der Waals surface area contributed by atoms with Crippen LogP contribution < -0.4 is 10.6 Å². The number of nitrogens with two attached hydrogens (primary N) is 1. The molecule has 1 aromatic rings. The van der Waals surface area contributed by atoms with Gasteiger partial charge in [0.2, 0.25) is 0 Å². The summed E-state index contributed by atoms with van der Waals surface area (Å²) in [7, 11) is 2.13. The normalized spacial score (nSPS) is 14.3. The van der Waals surface area contributed by atoms with Crippen molar-refractivity contribution in [3.8, 4) is 0 Å². The maximum absolute atomic E-state index is 6.28. The Labute approximate surface area is 120 Å². The summed E-state index contributed by atoms with van der Waals surface area (Å²) in [5, 5.41) is 0.758. The first kappa shape index (κ1) is 15.7. The van der Waals surface area contributed by atoms with Gasteiger partial charge in [0.05, 0.1) is 0 Å². The van der Waals surface area contributed by atoms with Gasteiger partial charge in [0, 0.05) is 35.6 Å². The Morgan fingerprint density at radius 3 is 2.56 bits per heavy atom. The topological polar surface area (TPSA) is 29.3 Å². The minimum absolute atomic E-state index is 0.0231. The maximum Gasteiger partial charge on any atom is 0.0474 e. The van der Waals surface area contributed by atoms with Gasteiger partial charge in [-0.1, -0.05) is 24.6 Å². The lowest BCUT2D eigenvalue weighted by molar-refractivity contribution is 0.673. The Hall–Kier alpha value is -0.380. The fraction of sp³-hybridized carbons (Fsp3) is 0.571. The number of halogens is 1. The third-order valence-corrected chi connectivity index (χ3v) is 4.31. The van der Waals surface area contributed by atoms with E-state index in [2.05, 4.69) is 31.2 Å². The van der Waals surface area contributed by atoms with Crippen LogP contribution in [0, 0.1) is 0 Å². The van der Waals surface area contributed by atoms with Crippen LogP contribution in [0.25, 0.3) is 0 Å². The first-order chi connectivity index (χ1) is 8.51. The second kappa shape index (κ2) is 7.27. The van der Waals surface area contributed by atoms with Crippen LogP contribution in [0.3, 0.4) is 0 Å². The Morgan fingerprint density at radius 2 is 2.11 bits per heavy atom. The molecule has 1 aromatic carbocycles. The molecule has 0 bridgehead atoms. The first-order valence-electron chi connectivity index (χ1n) is 6.28. The summed E-state index contributed by atoms with van der Waals surface area (Å²) in [5.41, 5.74) is 8.04. The number of hydrogen-bond donors (Lipinski definition) is 1. The van der Waals surface area contributed by atoms with Crippen LogP contribution in [-0.4, -0.2) is 25.1 Å². The molecule has 0 aliphatic carbocycles. The first-order valence-corrected chi connectivity index (χ1v) is 8.05. The third-order valence-electron chi connectivity index (χ3n) is 3.26. The van der Waals surface area contributed by atoms with Crippen LogP contribution in [-0.2, 0) is 0 Å². The van der Waals surface area contributed by atoms with Crippen molar-refractivity contribution < 1.29 is 0 Å². The average Bonchev–Trinajstić information content (AvgIpc) is 2.34. The molecule has 102 valence electrons. The zero-order chi connectivity index (χ0) is 13.7. The van der Waals surface area contributed by atoms with Crippen molar-refractivity contribution in [1.29, 1.82) is 0 Å². The quantitative estimate of drug-likeness (QED) is 0.859. The molecule has 0 spiro atoms. The predicted molar refractivity (Wildman–Crippen MR) is 84.9 cm³/mol. The molecular weight excluding hydrogens is 264 g/mol. The Kier molecular flexibility index (Phi) is 6.33. The lowest BCUT2D eigenvalue weighted by atomic mass is 10.1. The van der Waals surface area contributed by atoms with Crippen molar-refractivity contribution in [2.24, 2.45) is 5.73 Å². The molecule has 0 fully saturated rings. The summed E-state index contributed by atoms with van der Waals surface area (Å²) < 4.78 is 0. The summed E-state index contributed by atoms with van der Waals surface area (Å²) in [5.74, 6) is 1.12. The van der Waals surface area contributed by atoms with Crippen molar-refractivity contribution in [3.63, 3.8) is 0 Å². The van der Waals surface area contributed by atoms with E-state index in [0.29, 0.717) is 6.04 Å². The minimum Gasteiger partial charge on any atom is -0.371 e. The van der Waals surface area contributed by atoms with Crippen molar-refractivity contribution in [3.05, 3.63) is 28.8 Å². The molecule has 0 amide bonds. The molecule has 0 saturated heterocycles. The van der Waals surface area contributed by atoms with E-state index in [9.17, 15) is 0 Å². The Bertz CT molecular complexity index is 382. The molecule has 1 rings (SSSR count). The van der Waals surface area contributed by atoms with Crippen LogP contribution in [0.4, 0.5) is 5.69 Å². The van der Waals surface area contributed by atoms with E-state index in [1.807, 2.05) is 30.8 Å². The smallest absolute Gasteiger partial charge is 0.0474 e. The molecule has 2 nitrogen and oxygen atoms in total. The van der Waals surface area contributed by atoms with E-state index in [-0.39, 0.29) is 6.04 Å². The average molecular weight is 287 g/mol. The molecule has 0 aliphatic rings. The van der Waals surface area contributed by atoms with E-state index in [4.69, 9.17) is 17.3 Å². The van der Waals surface area contributed by atoms with Crippen LogP contribution in [0.1, 0.15) is 31.9 Å². The summed E-state index contributed by atoms with van der Waals surface area (Å²) in [6, 6.07) is 6.67. The molecule has 2 N–H and O–H groups in total. The molecule has 0 saturated carbocycles. The summed E-state index contributed by atoms with van der Waals surface area (Å²) in [4.78, 5) is 2.30. The summed E-state index contributed by atoms with van der Waals surface area (Å²) in [6.45, 7) is 4.17. The van der Waals surface area contributed by atoms with Gasteiger partial charge in [-0.2, -0.15) is 11.8 Å². The van der Waals surface area contributed by atoms with Crippen molar-refractivity contribution in [2.75, 3.05) is 24.0 Å². The van der Waals surface area contributed by atoms with Crippen LogP contribution in [0.5, 0.6) is 0 Å². The number of rotatable bonds is 6. The molecular formula is C14H23ClN2S. The van der Waals surface area contributed by atoms with E-state index in [1.165, 1.54) is 0 Å². The molecule has 18 heavy (non-hydrogen) atoms. The van der Waals surface area contributed by atoms with Gasteiger partial charge >= 0.3 is 0 Å². The van der Waals surface area contributed by atoms with Gasteiger partial charge in [-0.15, -0.1) is 0 Å². The van der Waals surface area contributed by atoms with E-state index in [0.717, 1.165) is 28.4 Å². The largest absolute Gasteiger partial charge is 0.371 e. The number of hydrogen-bond acceptors (Lipinski definition) is 3. The van der Waals surface area contributed by atoms with E-state index in [1.54, 1.807) is 0 Å². The highest BCUT2D eigenvalue weighted by atomic mass is 35.5. The highest BCUT2D eigenvalue weighted by molar-refractivity contribution is 7.98. The predicted octanol–water partition coefficient (Wildman–Crippen LogP) is 3.94. The van der Waals surface area contributed by atoms with Crippen molar-refractivity contribution in [2.45, 2.75) is 32.4 Å². The number of anilines is 1. The minimum atomic E-state index is -0.0231. The lowest BCUT2D eigenvalue weighted by Gasteiger charge is -2.29. The highest BCUT2D eigenvalue weighted by Gasteiger charge is 2.14. The second-order valence-electron chi connectivity index (χ2n) is 4.62. The van der Waals surface area contributed by atoms with Crippen LogP contribution >= 0.6 is 23.4 Å². The lowest BCUT2D eigenvalue weighted by Crippen LogP contribution is -2.33. The monoisotopic (exact) mass is 286 g/mol. The van der Waals surface area contributed by atoms with Gasteiger partial charge in [-0.05, 0) is 37.3 Å². The van der Waals surface area contributed by atoms with E-state index < -0.39 is 0 Å². The molecule has 0 aromatic heterocycles. The molecule has 2 atom stereocenters. The number of thioether (sulfide) groups is 1. The number of nitrogens with zero attached hydrogens (tertiary/aromatic N) is 1. The van der Waals surface area contributed by atoms with Gasteiger partial charge in [-0.25, -0.2) is 0 Å². The third kappa shape index (κ3) is 3.81. The van der Waals surface area contributed by atoms with Gasteiger partial charge < -0.3 is 10.6 Å². The molecule has 4 heteroatoms. The molecule has 0 heterocycles. The zero-order valence-corrected chi connectivity index (χ0v) is 13.2. The summed E-state index contributed by atoms with van der Waals surface area (Å²) >= 11 is 8.16. The Balaban J connectivity index is 2.92. The van der Waals surface area contributed by atoms with Crippen LogP contribution in [0.15, 0.2) is 18.2 Å². The SMILES string of the molecule is CCC(CSC)N(C)c1ccc(C(C)N)c(Cl)c1. The van der Waals surface area contributed by atoms with E-state index >= 15 is 0 Å². The fourth-order valence-corrected chi connectivity index (χ4v) is 3.20. The second-order valence-corrected chi connectivity index (χ2v) is 5.94. The maximum atomic E-state index is 6.28. The molecule has 2 unspecified atom stereocenters. The van der Waals surface area contributed by atoms with Crippen molar-refractivity contribution in [1.82, 2.24) is 0 Å². The van der Waals surface area contributed by atoms with Crippen molar-refractivity contribution >= 4 is 29.1 Å². The molecule has 0 aliphatic heterocycles. The number of benzene rings is 1. The summed E-state index contributed by atoms with van der Waals surface area (Å²) in [6.07, 6.45) is 3.27. The standard InChI is InChI=1S/C14H23ClN2S/c1-5-11(9-18-4)17(3)12-6-7-13(10(2)16)14(15)8-12/h6-8,10-11H,5,9,16H2,1-4H3. The van der Waals surface area contributed by atoms with Gasteiger partial charge in [0.1, 0.15) is 0 Å². The molecule has 0 radical (unpaired) electrons. The van der Waals surface area contributed by atoms with Gasteiger partial charge in [0.15, 0.2) is 0 Å². The fourth-order valence-electron chi connectivity index (χ4n) is 2.01. The Morgan fingerprint density at radius 1 is 1.44 bits per heavy atom.